The molecule has 2 rings (SSSR count). The number of thiophene rings is 1. The van der Waals surface area contributed by atoms with Crippen molar-refractivity contribution in [2.75, 3.05) is 11.9 Å². The van der Waals surface area contributed by atoms with E-state index in [0.717, 1.165) is 15.0 Å². The summed E-state index contributed by atoms with van der Waals surface area (Å²) in [6.07, 6.45) is 0. The summed E-state index contributed by atoms with van der Waals surface area (Å²) in [5.41, 5.74) is 0.904. The van der Waals surface area contributed by atoms with E-state index in [0.29, 0.717) is 5.02 Å². The van der Waals surface area contributed by atoms with Crippen LogP contribution >= 0.6 is 38.9 Å². The lowest BCUT2D eigenvalue weighted by Crippen LogP contribution is -2.13. The summed E-state index contributed by atoms with van der Waals surface area (Å²) in [6.45, 7) is 0.0411. The fraction of sp³-hybridized carbons (Fsp3) is 0.167. The molecule has 17 heavy (non-hydrogen) atoms. The van der Waals surface area contributed by atoms with Crippen molar-refractivity contribution in [3.8, 4) is 0 Å². The number of hydrogen-bond donors (Lipinski definition) is 2. The summed E-state index contributed by atoms with van der Waals surface area (Å²) in [6, 6.07) is 9.36. The summed E-state index contributed by atoms with van der Waals surface area (Å²) >= 11 is 10.9. The van der Waals surface area contributed by atoms with Crippen LogP contribution in [0, 0.1) is 0 Å². The molecule has 0 radical (unpaired) electrons. The quantitative estimate of drug-likeness (QED) is 0.874. The molecule has 1 atom stereocenters. The molecule has 1 heterocycles. The maximum Gasteiger partial charge on any atom is 0.0838 e. The van der Waals surface area contributed by atoms with E-state index in [1.165, 1.54) is 0 Å². The Balaban J connectivity index is 2.15. The summed E-state index contributed by atoms with van der Waals surface area (Å²) < 4.78 is 1.03. The Morgan fingerprint density at radius 3 is 2.82 bits per heavy atom. The van der Waals surface area contributed by atoms with Crippen LogP contribution in [0.3, 0.4) is 0 Å². The highest BCUT2D eigenvalue weighted by molar-refractivity contribution is 9.10. The van der Waals surface area contributed by atoms with Gasteiger partial charge in [0.25, 0.3) is 0 Å². The van der Waals surface area contributed by atoms with Crippen LogP contribution in [0.1, 0.15) is 10.9 Å². The standard InChI is InChI=1S/C12H11BrClNOS/c13-8-4-12(17-7-8)11(6-16)15-10-3-1-2-9(14)5-10/h1-5,7,11,15-16H,6H2. The predicted molar refractivity (Wildman–Crippen MR) is 76.9 cm³/mol. The molecule has 1 unspecified atom stereocenters. The first-order valence-corrected chi connectivity index (χ1v) is 7.11. The lowest BCUT2D eigenvalue weighted by atomic mass is 10.2. The Hall–Kier alpha value is -0.550. The normalized spacial score (nSPS) is 12.4. The SMILES string of the molecule is OCC(Nc1cccc(Cl)c1)c1cc(Br)cs1. The van der Waals surface area contributed by atoms with Crippen LogP contribution < -0.4 is 5.32 Å². The van der Waals surface area contributed by atoms with Crippen molar-refractivity contribution in [2.45, 2.75) is 6.04 Å². The number of aliphatic hydroxyl groups excluding tert-OH is 1. The van der Waals surface area contributed by atoms with Crippen molar-refractivity contribution >= 4 is 44.6 Å². The molecule has 1 aromatic heterocycles. The second kappa shape index (κ2) is 5.87. The van der Waals surface area contributed by atoms with Gasteiger partial charge in [0.15, 0.2) is 0 Å². The van der Waals surface area contributed by atoms with E-state index >= 15 is 0 Å². The zero-order valence-electron chi connectivity index (χ0n) is 8.86. The average Bonchev–Trinajstić information content (AvgIpc) is 2.73. The second-order valence-corrected chi connectivity index (χ2v) is 5.85. The first-order chi connectivity index (χ1) is 8.19. The molecule has 2 nitrogen and oxygen atoms in total. The van der Waals surface area contributed by atoms with Gasteiger partial charge in [-0.25, -0.2) is 0 Å². The van der Waals surface area contributed by atoms with Crippen LogP contribution in [0.2, 0.25) is 5.02 Å². The maximum atomic E-state index is 9.42. The van der Waals surface area contributed by atoms with E-state index in [2.05, 4.69) is 21.2 Å². The van der Waals surface area contributed by atoms with E-state index < -0.39 is 0 Å². The maximum absolute atomic E-state index is 9.42. The molecule has 0 fully saturated rings. The van der Waals surface area contributed by atoms with E-state index in [4.69, 9.17) is 11.6 Å². The number of hydrogen-bond acceptors (Lipinski definition) is 3. The smallest absolute Gasteiger partial charge is 0.0838 e. The number of halogens is 2. The van der Waals surface area contributed by atoms with E-state index in [-0.39, 0.29) is 12.6 Å². The molecule has 0 spiro atoms. The van der Waals surface area contributed by atoms with E-state index in [9.17, 15) is 5.11 Å². The van der Waals surface area contributed by atoms with Crippen molar-refractivity contribution in [3.05, 3.63) is 50.1 Å². The van der Waals surface area contributed by atoms with Crippen molar-refractivity contribution in [1.82, 2.24) is 0 Å². The van der Waals surface area contributed by atoms with Gasteiger partial charge in [-0.2, -0.15) is 0 Å². The fourth-order valence-corrected chi connectivity index (χ4v) is 3.18. The summed E-state index contributed by atoms with van der Waals surface area (Å²) in [4.78, 5) is 1.08. The number of nitrogens with one attached hydrogen (secondary N) is 1. The minimum absolute atomic E-state index is 0.0411. The Labute approximate surface area is 117 Å². The first-order valence-electron chi connectivity index (χ1n) is 5.06. The highest BCUT2D eigenvalue weighted by Gasteiger charge is 2.12. The minimum Gasteiger partial charge on any atom is -0.394 e. The van der Waals surface area contributed by atoms with Crippen LogP contribution in [0.5, 0.6) is 0 Å². The largest absolute Gasteiger partial charge is 0.394 e. The highest BCUT2D eigenvalue weighted by atomic mass is 79.9. The lowest BCUT2D eigenvalue weighted by Gasteiger charge is -2.16. The first kappa shape index (κ1) is 12.9. The highest BCUT2D eigenvalue weighted by Crippen LogP contribution is 2.28. The monoisotopic (exact) mass is 331 g/mol. The van der Waals surface area contributed by atoms with Crippen molar-refractivity contribution in [2.24, 2.45) is 0 Å². The number of aliphatic hydroxyl groups is 1. The Morgan fingerprint density at radius 1 is 1.41 bits per heavy atom. The second-order valence-electron chi connectivity index (χ2n) is 3.56. The van der Waals surface area contributed by atoms with Gasteiger partial charge in [0.2, 0.25) is 0 Å². The van der Waals surface area contributed by atoms with Gasteiger partial charge < -0.3 is 10.4 Å². The topological polar surface area (TPSA) is 32.3 Å². The van der Waals surface area contributed by atoms with Crippen LogP contribution in [-0.2, 0) is 0 Å². The molecule has 0 aliphatic rings. The van der Waals surface area contributed by atoms with E-state index in [1.807, 2.05) is 35.7 Å². The molecule has 0 aliphatic carbocycles. The van der Waals surface area contributed by atoms with Gasteiger partial charge in [-0.3, -0.25) is 0 Å². The van der Waals surface area contributed by atoms with Gasteiger partial charge in [0, 0.05) is 25.4 Å². The molecule has 0 saturated carbocycles. The zero-order chi connectivity index (χ0) is 12.3. The fourth-order valence-electron chi connectivity index (χ4n) is 1.50. The molecular weight excluding hydrogens is 322 g/mol. The van der Waals surface area contributed by atoms with Gasteiger partial charge in [0.1, 0.15) is 0 Å². The molecular formula is C12H11BrClNOS. The molecule has 0 saturated heterocycles. The number of benzene rings is 1. The van der Waals surface area contributed by atoms with Crippen LogP contribution in [-0.4, -0.2) is 11.7 Å². The van der Waals surface area contributed by atoms with Gasteiger partial charge in [-0.1, -0.05) is 17.7 Å². The third-order valence-corrected chi connectivity index (χ3v) is 4.32. The average molecular weight is 333 g/mol. The number of rotatable bonds is 4. The minimum atomic E-state index is -0.107. The zero-order valence-corrected chi connectivity index (χ0v) is 12.0. The van der Waals surface area contributed by atoms with Crippen molar-refractivity contribution < 1.29 is 5.11 Å². The van der Waals surface area contributed by atoms with Gasteiger partial charge in [-0.05, 0) is 40.2 Å². The molecule has 1 aromatic carbocycles. The Morgan fingerprint density at radius 2 is 2.24 bits per heavy atom. The van der Waals surface area contributed by atoms with Gasteiger partial charge >= 0.3 is 0 Å². The Kier molecular flexibility index (Phi) is 4.45. The van der Waals surface area contributed by atoms with Crippen LogP contribution in [0.25, 0.3) is 0 Å². The van der Waals surface area contributed by atoms with Gasteiger partial charge in [0.05, 0.1) is 12.6 Å². The van der Waals surface area contributed by atoms with Gasteiger partial charge in [-0.15, -0.1) is 11.3 Å². The molecule has 0 aliphatic heterocycles. The Bertz CT molecular complexity index is 503. The molecule has 0 bridgehead atoms. The molecule has 2 N–H and O–H groups in total. The molecule has 5 heteroatoms. The van der Waals surface area contributed by atoms with Crippen LogP contribution in [0.15, 0.2) is 40.2 Å². The lowest BCUT2D eigenvalue weighted by molar-refractivity contribution is 0.278. The summed E-state index contributed by atoms with van der Waals surface area (Å²) in [5, 5.41) is 15.3. The summed E-state index contributed by atoms with van der Waals surface area (Å²) in [7, 11) is 0. The molecule has 0 amide bonds. The summed E-state index contributed by atoms with van der Waals surface area (Å²) in [5.74, 6) is 0. The third kappa shape index (κ3) is 3.45. The van der Waals surface area contributed by atoms with E-state index in [1.54, 1.807) is 11.3 Å². The van der Waals surface area contributed by atoms with Crippen LogP contribution in [0.4, 0.5) is 5.69 Å². The van der Waals surface area contributed by atoms with Crippen molar-refractivity contribution in [3.63, 3.8) is 0 Å². The molecule has 2 aromatic rings. The number of anilines is 1. The predicted octanol–water partition coefficient (Wildman–Crippen LogP) is 4.31. The third-order valence-electron chi connectivity index (χ3n) is 2.28. The van der Waals surface area contributed by atoms with Crippen molar-refractivity contribution in [1.29, 1.82) is 0 Å². The molecule has 90 valence electrons.